The summed E-state index contributed by atoms with van der Waals surface area (Å²) in [6, 6.07) is 31.5. The minimum absolute atomic E-state index is 0. The molecule has 3 saturated carbocycles. The molecule has 33 heteroatoms. The van der Waals surface area contributed by atoms with E-state index in [0.717, 1.165) is 114 Å². The van der Waals surface area contributed by atoms with Gasteiger partial charge in [-0.2, -0.15) is 39.5 Å². The molecule has 3 aliphatic carbocycles. The van der Waals surface area contributed by atoms with Gasteiger partial charge in [0.2, 0.25) is 0 Å². The first-order valence-electron chi connectivity index (χ1n) is 36.4. The van der Waals surface area contributed by atoms with Crippen LogP contribution >= 0.6 is 0 Å². The first kappa shape index (κ1) is 101. The third kappa shape index (κ3) is 28.0. The Morgan fingerprint density at radius 1 is 0.409 bits per heavy atom. The Labute approximate surface area is 685 Å². The number of aliphatic hydroxyl groups is 3. The maximum Gasteiger partial charge on any atom is 1.00 e. The van der Waals surface area contributed by atoms with Crippen molar-refractivity contribution in [3.05, 3.63) is 179 Å². The zero-order valence-electron chi connectivity index (χ0n) is 62.8. The number of para-hydroxylation sites is 3. The number of likely N-dealkylation sites (tertiary alicyclic amines) is 3. The summed E-state index contributed by atoms with van der Waals surface area (Å²) in [5, 5.41) is 29.5. The molecule has 3 aliphatic heterocycles. The number of carbonyl (C=O) groups is 1. The van der Waals surface area contributed by atoms with Crippen molar-refractivity contribution in [2.75, 3.05) is 85.8 Å². The second-order valence-electron chi connectivity index (χ2n) is 28.8. The molecule has 0 aromatic heterocycles. The second kappa shape index (κ2) is 43.4. The van der Waals surface area contributed by atoms with Gasteiger partial charge < -0.3 is 55.0 Å². The number of β-amino-alcohol motifs (C(OH)–C–C–N with tert-alkyl or cyclic N) is 2. The van der Waals surface area contributed by atoms with Gasteiger partial charge >= 0.3 is 67.2 Å². The van der Waals surface area contributed by atoms with Gasteiger partial charge in [0.25, 0.3) is 0 Å². The average Bonchev–Trinajstić information content (AvgIpc) is 0.760. The third-order valence-electron chi connectivity index (χ3n) is 21.5. The van der Waals surface area contributed by atoms with Crippen LogP contribution in [0.1, 0.15) is 153 Å². The standard InChI is InChI=1S/2C26H29F6NO3.C26H27F6NO3.CH4O.3CH4.B.Na.H/c3*27-25(28,29)19-8-10-20(11-9-19)35-17-18-5-3-14-33(15-18)16-23(34)24(12-4-13-24)21-6-1-2-7-22(21)36-26(30,31)32;1-2;;;;;;/h2*1-2,6-11,18,23,34H,3-5,12-17H2;1-2,6-11,18H,3-5,12-17H2;2H,1H3;3*1H4;;;/q;;;;;;;;+1;-1/t18-,23+;18-,23-;18-;;;;;;;/m000......./s1. The van der Waals surface area contributed by atoms with Crippen LogP contribution < -0.4 is 58.0 Å². The predicted octanol–water partition coefficient (Wildman–Crippen LogP) is 17.0. The van der Waals surface area contributed by atoms with E-state index in [4.69, 9.17) is 19.3 Å². The number of ketones is 1. The quantitative estimate of drug-likeness (QED) is 0.0391. The van der Waals surface area contributed by atoms with E-state index in [1.165, 1.54) is 78.9 Å². The van der Waals surface area contributed by atoms with Crippen molar-refractivity contribution >= 4 is 14.2 Å². The van der Waals surface area contributed by atoms with E-state index in [1.807, 2.05) is 4.90 Å². The molecule has 6 fully saturated rings. The van der Waals surface area contributed by atoms with Crippen molar-refractivity contribution in [2.24, 2.45) is 17.8 Å². The van der Waals surface area contributed by atoms with E-state index in [1.54, 1.807) is 30.3 Å². The van der Waals surface area contributed by atoms with E-state index < -0.39 is 82.8 Å². The number of halogens is 18. The number of aliphatic hydroxyl groups excluding tert-OH is 3. The van der Waals surface area contributed by atoms with Crippen LogP contribution in [0.5, 0.6) is 34.5 Å². The Bertz CT molecular complexity index is 3710. The summed E-state index contributed by atoms with van der Waals surface area (Å²) in [5.41, 5.74) is -3.79. The molecular formula is C82H102BF18N3NaO10. The van der Waals surface area contributed by atoms with E-state index in [2.05, 4.69) is 24.0 Å². The minimum atomic E-state index is -4.85. The van der Waals surface area contributed by atoms with Gasteiger partial charge in [-0.25, -0.2) is 0 Å². The number of carbonyl (C=O) groups excluding carboxylic acids is 1. The van der Waals surface area contributed by atoms with E-state index in [-0.39, 0.29) is 115 Å². The number of ether oxygens (including phenoxy) is 6. The van der Waals surface area contributed by atoms with Crippen molar-refractivity contribution in [2.45, 2.75) is 185 Å². The molecule has 6 aromatic rings. The molecule has 0 unspecified atom stereocenters. The van der Waals surface area contributed by atoms with Gasteiger partial charge in [-0.3, -0.25) is 9.69 Å². The molecule has 3 saturated heterocycles. The number of piperidine rings is 3. The van der Waals surface area contributed by atoms with E-state index >= 15 is 0 Å². The first-order valence-corrected chi connectivity index (χ1v) is 36.4. The Morgan fingerprint density at radius 3 is 0.948 bits per heavy atom. The van der Waals surface area contributed by atoms with Gasteiger partial charge in [-0.05, 0) is 188 Å². The van der Waals surface area contributed by atoms with Gasteiger partial charge in [0, 0.05) is 93.5 Å². The largest absolute Gasteiger partial charge is 1.00 e. The van der Waals surface area contributed by atoms with Gasteiger partial charge in [0.1, 0.15) is 34.5 Å². The number of Topliss-reactive ketones (excluding diaryl/α,β-unsaturated/α-hetero) is 1. The fourth-order valence-electron chi connectivity index (χ4n) is 15.6. The average molecular weight is 1670 g/mol. The molecule has 0 bridgehead atoms. The van der Waals surface area contributed by atoms with Crippen molar-refractivity contribution in [3.63, 3.8) is 0 Å². The monoisotopic (exact) mass is 1660 g/mol. The van der Waals surface area contributed by atoms with Crippen molar-refractivity contribution in [1.29, 1.82) is 0 Å². The van der Waals surface area contributed by atoms with Crippen molar-refractivity contribution in [3.8, 4) is 34.5 Å². The number of rotatable bonds is 24. The molecular weight excluding hydrogens is 1560 g/mol. The molecule has 6 aliphatic rings. The molecule has 635 valence electrons. The van der Waals surface area contributed by atoms with Gasteiger partial charge in [-0.1, -0.05) is 96.1 Å². The first-order chi connectivity index (χ1) is 51.9. The maximum atomic E-state index is 13.4. The number of hydrogen-bond acceptors (Lipinski definition) is 13. The van der Waals surface area contributed by atoms with Crippen LogP contribution in [0.4, 0.5) is 79.0 Å². The molecule has 5 atom stereocenters. The van der Waals surface area contributed by atoms with Gasteiger partial charge in [-0.15, -0.1) is 39.5 Å². The van der Waals surface area contributed by atoms with Crippen molar-refractivity contribution in [1.82, 2.24) is 14.7 Å². The van der Waals surface area contributed by atoms with Crippen LogP contribution in [0.2, 0.25) is 0 Å². The smallest absolute Gasteiger partial charge is 1.00 e. The van der Waals surface area contributed by atoms with Crippen LogP contribution in [0.25, 0.3) is 0 Å². The van der Waals surface area contributed by atoms with Crippen LogP contribution in [0.3, 0.4) is 0 Å². The van der Waals surface area contributed by atoms with Gasteiger partial charge in [0.15, 0.2) is 5.78 Å². The molecule has 3 heterocycles. The Morgan fingerprint density at radius 2 is 0.678 bits per heavy atom. The summed E-state index contributed by atoms with van der Waals surface area (Å²) in [4.78, 5) is 19.6. The fourth-order valence-corrected chi connectivity index (χ4v) is 15.6. The van der Waals surface area contributed by atoms with E-state index in [9.17, 15) is 94.0 Å². The summed E-state index contributed by atoms with van der Waals surface area (Å²) in [5.74, 6) is 0.353. The Kier molecular flexibility index (Phi) is 38.0. The van der Waals surface area contributed by atoms with Crippen molar-refractivity contribution < 1.29 is 159 Å². The third-order valence-corrected chi connectivity index (χ3v) is 21.5. The maximum absolute atomic E-state index is 13.4. The number of hydrogen-bond donors (Lipinski definition) is 3. The SMILES string of the molecule is C.C.C.CO.O=C(CN1CCC[C@H](COc2ccc(C(F)(F)F)cc2)C1)C1(c2ccccc2OC(F)(F)F)CCC1.O[C@@H](CN1CCC[C@H](COc2ccc(C(F)(F)F)cc2)C1)C1(c2ccccc2OC(F)(F)F)CCC1.O[C@H](CN1CCC[C@H](COc2ccc(C(F)(F)F)cc2)C1)C1(c2ccccc2OC(F)(F)F)CCC1.[B].[H-].[Na+]. The minimum Gasteiger partial charge on any atom is -1.00 e. The zero-order chi connectivity index (χ0) is 79.9. The summed E-state index contributed by atoms with van der Waals surface area (Å²) in [6.07, 6.45) is -18.8. The van der Waals surface area contributed by atoms with Crippen LogP contribution in [-0.4, -0.2) is 161 Å². The zero-order valence-corrected chi connectivity index (χ0v) is 63.8. The van der Waals surface area contributed by atoms with Crippen LogP contribution in [-0.2, 0) is 39.6 Å². The summed E-state index contributed by atoms with van der Waals surface area (Å²) >= 11 is 0. The Balaban J connectivity index is 0.000000434. The molecule has 3 radical (unpaired) electrons. The molecule has 13 nitrogen and oxygen atoms in total. The normalized spacial score (nSPS) is 19.9. The fraction of sp³-hybridized carbons (Fsp3) is 0.549. The van der Waals surface area contributed by atoms with Gasteiger partial charge in [0.05, 0.1) is 60.7 Å². The predicted molar refractivity (Wildman–Crippen MR) is 396 cm³/mol. The molecule has 0 spiro atoms. The summed E-state index contributed by atoms with van der Waals surface area (Å²) in [6.45, 7) is 5.62. The summed E-state index contributed by atoms with van der Waals surface area (Å²) < 4.78 is 261. The van der Waals surface area contributed by atoms with E-state index in [0.29, 0.717) is 126 Å². The molecule has 0 amide bonds. The van der Waals surface area contributed by atoms with Crippen LogP contribution in [0.15, 0.2) is 146 Å². The number of alkyl halides is 18. The number of benzene rings is 6. The Hall–Kier alpha value is -6.65. The second-order valence-corrected chi connectivity index (χ2v) is 28.8. The molecule has 12 rings (SSSR count). The molecule has 6 aromatic carbocycles. The molecule has 115 heavy (non-hydrogen) atoms. The summed E-state index contributed by atoms with van der Waals surface area (Å²) in [7, 11) is 1.00. The molecule has 3 N–H and O–H groups in total. The topological polar surface area (TPSA) is 143 Å². The van der Waals surface area contributed by atoms with Crippen LogP contribution in [0, 0.1) is 17.8 Å². The number of nitrogens with zero attached hydrogens (tertiary/aromatic N) is 3.